The molecule has 1 unspecified atom stereocenters. The fourth-order valence-electron chi connectivity index (χ4n) is 2.45. The fourth-order valence-corrected chi connectivity index (χ4v) is 2.45. The van der Waals surface area contributed by atoms with E-state index in [2.05, 4.69) is 34.7 Å². The summed E-state index contributed by atoms with van der Waals surface area (Å²) in [5, 5.41) is 17.1. The van der Waals surface area contributed by atoms with Crippen LogP contribution in [0.15, 0.2) is 59.6 Å². The molecule has 2 aromatic carbocycles. The number of aliphatic hydroxyl groups is 1. The topological polar surface area (TPSA) is 56.7 Å². The van der Waals surface area contributed by atoms with Gasteiger partial charge in [-0.2, -0.15) is 0 Å². The van der Waals surface area contributed by atoms with E-state index in [1.165, 1.54) is 11.1 Å². The molecule has 0 bridgehead atoms. The maximum Gasteiger partial charge on any atom is 0.191 e. The molecular formula is C20H28IN3O. The van der Waals surface area contributed by atoms with Crippen molar-refractivity contribution in [2.75, 3.05) is 13.1 Å². The Morgan fingerprint density at radius 3 is 2.32 bits per heavy atom. The van der Waals surface area contributed by atoms with Gasteiger partial charge in [0.15, 0.2) is 5.96 Å². The summed E-state index contributed by atoms with van der Waals surface area (Å²) in [7, 11) is 0. The Morgan fingerprint density at radius 1 is 1.04 bits per heavy atom. The van der Waals surface area contributed by atoms with Crippen LogP contribution >= 0.6 is 24.0 Å². The number of nitrogens with one attached hydrogen (secondary N) is 2. The highest BCUT2D eigenvalue weighted by molar-refractivity contribution is 14.0. The van der Waals surface area contributed by atoms with Gasteiger partial charge in [-0.3, -0.25) is 0 Å². The Balaban J connectivity index is 0.00000312. The normalized spacial score (nSPS) is 13.5. The first kappa shape index (κ1) is 21.4. The molecule has 4 nitrogen and oxygen atoms in total. The minimum Gasteiger partial charge on any atom is -0.384 e. The Bertz CT molecular complexity index is 672. The van der Waals surface area contributed by atoms with E-state index >= 15 is 0 Å². The zero-order valence-electron chi connectivity index (χ0n) is 15.1. The van der Waals surface area contributed by atoms with Crippen molar-refractivity contribution >= 4 is 29.9 Å². The predicted octanol–water partition coefficient (Wildman–Crippen LogP) is 3.58. The SMILES string of the molecule is CCNC(=NCc1ccccc1C)NCC(C)(O)c1ccccc1.I. The average Bonchev–Trinajstić information content (AvgIpc) is 2.59. The zero-order chi connectivity index (χ0) is 17.4. The molecule has 1 atom stereocenters. The molecule has 0 saturated heterocycles. The maximum atomic E-state index is 10.7. The van der Waals surface area contributed by atoms with Crippen LogP contribution in [0, 0.1) is 6.92 Å². The number of aryl methyl sites for hydroxylation is 1. The van der Waals surface area contributed by atoms with Crippen LogP contribution < -0.4 is 10.6 Å². The molecule has 0 spiro atoms. The van der Waals surface area contributed by atoms with E-state index < -0.39 is 5.60 Å². The molecule has 0 heterocycles. The smallest absolute Gasteiger partial charge is 0.191 e. The van der Waals surface area contributed by atoms with Crippen molar-refractivity contribution in [3.63, 3.8) is 0 Å². The number of halogens is 1. The van der Waals surface area contributed by atoms with Crippen LogP contribution in [0.2, 0.25) is 0 Å². The highest BCUT2D eigenvalue weighted by atomic mass is 127. The molecule has 3 N–H and O–H groups in total. The molecule has 5 heteroatoms. The van der Waals surface area contributed by atoms with Crippen LogP contribution in [0.25, 0.3) is 0 Å². The zero-order valence-corrected chi connectivity index (χ0v) is 17.5. The van der Waals surface area contributed by atoms with Gasteiger partial charge in [0.1, 0.15) is 5.60 Å². The van der Waals surface area contributed by atoms with Gasteiger partial charge in [-0.15, -0.1) is 24.0 Å². The first-order chi connectivity index (χ1) is 11.5. The van der Waals surface area contributed by atoms with Gasteiger partial charge in [-0.25, -0.2) is 4.99 Å². The molecule has 0 amide bonds. The number of nitrogens with zero attached hydrogens (tertiary/aromatic N) is 1. The number of hydrogen-bond acceptors (Lipinski definition) is 2. The van der Waals surface area contributed by atoms with Crippen LogP contribution in [0.5, 0.6) is 0 Å². The van der Waals surface area contributed by atoms with E-state index in [4.69, 9.17) is 0 Å². The third kappa shape index (κ3) is 6.66. The molecule has 0 saturated carbocycles. The standard InChI is InChI=1S/C20H27N3O.HI/c1-4-21-19(22-14-17-11-9-8-10-16(17)2)23-15-20(3,24)18-12-6-5-7-13-18;/h5-13,24H,4,14-15H2,1-3H3,(H2,21,22,23);1H. The molecule has 0 aliphatic heterocycles. The van der Waals surface area contributed by atoms with Crippen molar-refractivity contribution in [2.45, 2.75) is 32.9 Å². The molecule has 0 aliphatic carbocycles. The molecule has 0 aliphatic rings. The van der Waals surface area contributed by atoms with Gasteiger partial charge in [-0.05, 0) is 37.5 Å². The summed E-state index contributed by atoms with van der Waals surface area (Å²) >= 11 is 0. The van der Waals surface area contributed by atoms with Crippen molar-refractivity contribution in [2.24, 2.45) is 4.99 Å². The quantitative estimate of drug-likeness (QED) is 0.356. The molecule has 0 fully saturated rings. The molecule has 0 radical (unpaired) electrons. The second-order valence-corrected chi connectivity index (χ2v) is 6.12. The summed E-state index contributed by atoms with van der Waals surface area (Å²) in [4.78, 5) is 4.62. The summed E-state index contributed by atoms with van der Waals surface area (Å²) in [6, 6.07) is 17.9. The number of guanidine groups is 1. The second-order valence-electron chi connectivity index (χ2n) is 6.12. The van der Waals surface area contributed by atoms with Gasteiger partial charge >= 0.3 is 0 Å². The third-order valence-electron chi connectivity index (χ3n) is 4.01. The minimum atomic E-state index is -0.958. The van der Waals surface area contributed by atoms with Gasteiger partial charge < -0.3 is 15.7 Å². The highest BCUT2D eigenvalue weighted by Gasteiger charge is 2.22. The molecule has 25 heavy (non-hydrogen) atoms. The first-order valence-electron chi connectivity index (χ1n) is 8.37. The van der Waals surface area contributed by atoms with E-state index in [0.29, 0.717) is 19.0 Å². The Hall–Kier alpha value is -1.60. The fraction of sp³-hybridized carbons (Fsp3) is 0.350. The summed E-state index contributed by atoms with van der Waals surface area (Å²) < 4.78 is 0. The number of benzene rings is 2. The van der Waals surface area contributed by atoms with Crippen LogP contribution in [0.3, 0.4) is 0 Å². The average molecular weight is 453 g/mol. The van der Waals surface area contributed by atoms with Crippen LogP contribution in [-0.4, -0.2) is 24.2 Å². The van der Waals surface area contributed by atoms with Crippen LogP contribution in [-0.2, 0) is 12.1 Å². The molecular weight excluding hydrogens is 425 g/mol. The summed E-state index contributed by atoms with van der Waals surface area (Å²) in [5.74, 6) is 0.706. The maximum absolute atomic E-state index is 10.7. The van der Waals surface area contributed by atoms with Crippen molar-refractivity contribution in [1.29, 1.82) is 0 Å². The predicted molar refractivity (Wildman–Crippen MR) is 115 cm³/mol. The van der Waals surface area contributed by atoms with Crippen LogP contribution in [0.4, 0.5) is 0 Å². The van der Waals surface area contributed by atoms with Crippen molar-refractivity contribution < 1.29 is 5.11 Å². The monoisotopic (exact) mass is 453 g/mol. The third-order valence-corrected chi connectivity index (χ3v) is 4.01. The summed E-state index contributed by atoms with van der Waals surface area (Å²) in [6.07, 6.45) is 0. The number of rotatable bonds is 6. The van der Waals surface area contributed by atoms with E-state index in [9.17, 15) is 5.11 Å². The molecule has 136 valence electrons. The Kier molecular flexibility index (Phi) is 8.92. The van der Waals surface area contributed by atoms with Gasteiger partial charge in [0.25, 0.3) is 0 Å². The van der Waals surface area contributed by atoms with E-state index in [1.54, 1.807) is 6.92 Å². The van der Waals surface area contributed by atoms with Crippen molar-refractivity contribution in [1.82, 2.24) is 10.6 Å². The van der Waals surface area contributed by atoms with E-state index in [1.807, 2.05) is 49.4 Å². The largest absolute Gasteiger partial charge is 0.384 e. The Labute approximate surface area is 167 Å². The van der Waals surface area contributed by atoms with Crippen molar-refractivity contribution in [3.05, 3.63) is 71.3 Å². The number of hydrogen-bond donors (Lipinski definition) is 3. The molecule has 2 rings (SSSR count). The van der Waals surface area contributed by atoms with Crippen molar-refractivity contribution in [3.8, 4) is 0 Å². The highest BCUT2D eigenvalue weighted by Crippen LogP contribution is 2.18. The summed E-state index contributed by atoms with van der Waals surface area (Å²) in [5.41, 5.74) is 2.35. The lowest BCUT2D eigenvalue weighted by molar-refractivity contribution is 0.0617. The van der Waals surface area contributed by atoms with E-state index in [0.717, 1.165) is 12.1 Å². The van der Waals surface area contributed by atoms with Crippen LogP contribution in [0.1, 0.15) is 30.5 Å². The summed E-state index contributed by atoms with van der Waals surface area (Å²) in [6.45, 7) is 7.69. The number of aliphatic imine (C=N–C) groups is 1. The van der Waals surface area contributed by atoms with Gasteiger partial charge in [0, 0.05) is 6.54 Å². The second kappa shape index (κ2) is 10.4. The Morgan fingerprint density at radius 2 is 1.68 bits per heavy atom. The lowest BCUT2D eigenvalue weighted by atomic mass is 9.96. The minimum absolute atomic E-state index is 0. The van der Waals surface area contributed by atoms with Gasteiger partial charge in [-0.1, -0.05) is 54.6 Å². The van der Waals surface area contributed by atoms with E-state index in [-0.39, 0.29) is 24.0 Å². The first-order valence-corrected chi connectivity index (χ1v) is 8.37. The lowest BCUT2D eigenvalue weighted by Crippen LogP contribution is -2.44. The lowest BCUT2D eigenvalue weighted by Gasteiger charge is -2.25. The molecule has 2 aromatic rings. The van der Waals surface area contributed by atoms with Gasteiger partial charge in [0.05, 0.1) is 13.1 Å². The molecule has 0 aromatic heterocycles. The van der Waals surface area contributed by atoms with Gasteiger partial charge in [0.2, 0.25) is 0 Å².